The molecular formula is C12H8ClO-. The SMILES string of the molecule is O=[C-]C(Cl)c1ccc2ccccc2c1. The summed E-state index contributed by atoms with van der Waals surface area (Å²) in [5.74, 6) is 0. The van der Waals surface area contributed by atoms with Crippen molar-refractivity contribution in [1.29, 1.82) is 0 Å². The number of rotatable bonds is 2. The largest absolute Gasteiger partial charge is 0.540 e. The average molecular weight is 204 g/mol. The molecule has 0 N–H and O–H groups in total. The minimum absolute atomic E-state index is 0.667. The molecule has 0 aliphatic carbocycles. The molecule has 0 radical (unpaired) electrons. The van der Waals surface area contributed by atoms with Crippen molar-refractivity contribution >= 4 is 28.7 Å². The number of benzene rings is 2. The minimum atomic E-state index is -0.667. The van der Waals surface area contributed by atoms with Crippen LogP contribution in [-0.4, -0.2) is 6.29 Å². The predicted molar refractivity (Wildman–Crippen MR) is 58.2 cm³/mol. The second-order valence-corrected chi connectivity index (χ2v) is 3.52. The summed E-state index contributed by atoms with van der Waals surface area (Å²) in [6.45, 7) is 0. The van der Waals surface area contributed by atoms with E-state index in [0.717, 1.165) is 16.3 Å². The van der Waals surface area contributed by atoms with Crippen molar-refractivity contribution in [2.45, 2.75) is 5.38 Å². The van der Waals surface area contributed by atoms with Gasteiger partial charge in [0.2, 0.25) is 0 Å². The van der Waals surface area contributed by atoms with Gasteiger partial charge in [0.15, 0.2) is 0 Å². The van der Waals surface area contributed by atoms with E-state index in [0.29, 0.717) is 0 Å². The summed E-state index contributed by atoms with van der Waals surface area (Å²) in [4.78, 5) is 10.4. The third-order valence-corrected chi connectivity index (χ3v) is 2.51. The number of fused-ring (bicyclic) bond motifs is 1. The van der Waals surface area contributed by atoms with E-state index in [2.05, 4.69) is 0 Å². The van der Waals surface area contributed by atoms with Gasteiger partial charge in [-0.05, 0) is 16.1 Å². The first-order chi connectivity index (χ1) is 6.81. The third kappa shape index (κ3) is 1.64. The van der Waals surface area contributed by atoms with Crippen molar-refractivity contribution in [3.05, 3.63) is 48.0 Å². The number of hydrogen-bond acceptors (Lipinski definition) is 1. The van der Waals surface area contributed by atoms with Crippen LogP contribution in [0.25, 0.3) is 10.8 Å². The summed E-state index contributed by atoms with van der Waals surface area (Å²) in [6.07, 6.45) is 1.76. The van der Waals surface area contributed by atoms with Gasteiger partial charge in [0.1, 0.15) is 0 Å². The van der Waals surface area contributed by atoms with Crippen LogP contribution in [0.4, 0.5) is 0 Å². The molecule has 0 aliphatic heterocycles. The molecule has 2 aromatic carbocycles. The molecule has 0 amide bonds. The molecule has 0 aromatic heterocycles. The molecule has 2 heteroatoms. The Morgan fingerprint density at radius 2 is 1.79 bits per heavy atom. The fourth-order valence-corrected chi connectivity index (χ4v) is 1.57. The maximum atomic E-state index is 10.4. The molecule has 0 bridgehead atoms. The number of alkyl halides is 1. The van der Waals surface area contributed by atoms with Gasteiger partial charge in [-0.2, -0.15) is 0 Å². The summed E-state index contributed by atoms with van der Waals surface area (Å²) >= 11 is 5.77. The van der Waals surface area contributed by atoms with Crippen LogP contribution in [0.3, 0.4) is 0 Å². The lowest BCUT2D eigenvalue weighted by Gasteiger charge is -2.11. The Bertz CT molecular complexity index is 465. The monoisotopic (exact) mass is 203 g/mol. The Morgan fingerprint density at radius 3 is 2.50 bits per heavy atom. The number of carbonyl (C=O) groups excluding carboxylic acids is 1. The lowest BCUT2D eigenvalue weighted by molar-refractivity contribution is 0.553. The van der Waals surface area contributed by atoms with Crippen molar-refractivity contribution in [2.24, 2.45) is 0 Å². The van der Waals surface area contributed by atoms with E-state index in [4.69, 9.17) is 11.6 Å². The van der Waals surface area contributed by atoms with Crippen molar-refractivity contribution in [3.8, 4) is 0 Å². The predicted octanol–water partition coefficient (Wildman–Crippen LogP) is 3.23. The van der Waals surface area contributed by atoms with Gasteiger partial charge in [0.25, 0.3) is 0 Å². The van der Waals surface area contributed by atoms with Gasteiger partial charge < -0.3 is 4.79 Å². The number of halogens is 1. The fourth-order valence-electron chi connectivity index (χ4n) is 1.43. The molecule has 0 heterocycles. The maximum Gasteiger partial charge on any atom is -0.0182 e. The van der Waals surface area contributed by atoms with E-state index >= 15 is 0 Å². The fraction of sp³-hybridized carbons (Fsp3) is 0.0833. The summed E-state index contributed by atoms with van der Waals surface area (Å²) in [5, 5.41) is 1.57. The summed E-state index contributed by atoms with van der Waals surface area (Å²) < 4.78 is 0. The molecule has 0 aliphatic rings. The van der Waals surface area contributed by atoms with Gasteiger partial charge in [0, 0.05) is 0 Å². The van der Waals surface area contributed by atoms with E-state index in [1.54, 1.807) is 6.29 Å². The Labute approximate surface area is 87.3 Å². The van der Waals surface area contributed by atoms with Crippen molar-refractivity contribution in [1.82, 2.24) is 0 Å². The van der Waals surface area contributed by atoms with Crippen LogP contribution in [0.1, 0.15) is 10.9 Å². The number of hydrogen-bond donors (Lipinski definition) is 0. The molecule has 0 fully saturated rings. The van der Waals surface area contributed by atoms with Gasteiger partial charge in [-0.15, -0.1) is 11.6 Å². The normalized spacial score (nSPS) is 12.6. The second-order valence-electron chi connectivity index (χ2n) is 3.09. The molecule has 0 spiro atoms. The molecule has 2 aromatic rings. The van der Waals surface area contributed by atoms with E-state index in [1.165, 1.54) is 0 Å². The zero-order valence-electron chi connectivity index (χ0n) is 7.41. The van der Waals surface area contributed by atoms with E-state index < -0.39 is 5.38 Å². The second kappa shape index (κ2) is 3.81. The first-order valence-corrected chi connectivity index (χ1v) is 4.75. The summed E-state index contributed by atoms with van der Waals surface area (Å²) in [7, 11) is 0. The molecule has 0 saturated heterocycles. The minimum Gasteiger partial charge on any atom is -0.540 e. The lowest BCUT2D eigenvalue weighted by atomic mass is 10.1. The van der Waals surface area contributed by atoms with Crippen molar-refractivity contribution in [3.63, 3.8) is 0 Å². The maximum absolute atomic E-state index is 10.4. The zero-order valence-corrected chi connectivity index (χ0v) is 8.16. The Kier molecular flexibility index (Phi) is 2.51. The highest BCUT2D eigenvalue weighted by Crippen LogP contribution is 2.22. The highest BCUT2D eigenvalue weighted by molar-refractivity contribution is 6.27. The molecule has 1 atom stereocenters. The van der Waals surface area contributed by atoms with Crippen LogP contribution in [0, 0.1) is 0 Å². The van der Waals surface area contributed by atoms with Gasteiger partial charge >= 0.3 is 0 Å². The van der Waals surface area contributed by atoms with Gasteiger partial charge in [0.05, 0.1) is 0 Å². The zero-order chi connectivity index (χ0) is 9.97. The van der Waals surface area contributed by atoms with Gasteiger partial charge in [-0.3, -0.25) is 0 Å². The van der Waals surface area contributed by atoms with E-state index in [9.17, 15) is 4.79 Å². The third-order valence-electron chi connectivity index (χ3n) is 2.17. The quantitative estimate of drug-likeness (QED) is 0.541. The van der Waals surface area contributed by atoms with Gasteiger partial charge in [-0.25, -0.2) is 6.29 Å². The standard InChI is InChI=1S/C12H8ClO/c13-12(8-14)11-6-5-9-3-1-2-4-10(9)7-11/h1-7,12H/q-1. The topological polar surface area (TPSA) is 17.1 Å². The van der Waals surface area contributed by atoms with E-state index in [1.807, 2.05) is 42.5 Å². The lowest BCUT2D eigenvalue weighted by Crippen LogP contribution is -1.90. The molecular weight excluding hydrogens is 196 g/mol. The first kappa shape index (κ1) is 9.22. The molecule has 1 unspecified atom stereocenters. The Balaban J connectivity index is 2.56. The Morgan fingerprint density at radius 1 is 1.07 bits per heavy atom. The molecule has 1 nitrogen and oxygen atoms in total. The summed E-state index contributed by atoms with van der Waals surface area (Å²) in [5.41, 5.74) is 0.792. The van der Waals surface area contributed by atoms with Crippen LogP contribution in [0.5, 0.6) is 0 Å². The highest BCUT2D eigenvalue weighted by Gasteiger charge is 1.98. The van der Waals surface area contributed by atoms with Crippen molar-refractivity contribution in [2.75, 3.05) is 0 Å². The van der Waals surface area contributed by atoms with Crippen molar-refractivity contribution < 1.29 is 4.79 Å². The Hall–Kier alpha value is -1.34. The molecule has 14 heavy (non-hydrogen) atoms. The first-order valence-electron chi connectivity index (χ1n) is 4.32. The van der Waals surface area contributed by atoms with Crippen LogP contribution in [-0.2, 0) is 4.79 Å². The molecule has 0 saturated carbocycles. The van der Waals surface area contributed by atoms with Gasteiger partial charge in [-0.1, -0.05) is 48.0 Å². The van der Waals surface area contributed by atoms with Crippen LogP contribution < -0.4 is 0 Å². The molecule has 2 rings (SSSR count). The summed E-state index contributed by atoms with van der Waals surface area (Å²) in [6, 6.07) is 13.7. The van der Waals surface area contributed by atoms with Crippen LogP contribution in [0.15, 0.2) is 42.5 Å². The van der Waals surface area contributed by atoms with Crippen LogP contribution in [0.2, 0.25) is 0 Å². The van der Waals surface area contributed by atoms with E-state index in [-0.39, 0.29) is 0 Å². The smallest absolute Gasteiger partial charge is 0.0182 e. The highest BCUT2D eigenvalue weighted by atomic mass is 35.5. The average Bonchev–Trinajstić information content (AvgIpc) is 2.27. The van der Waals surface area contributed by atoms with Crippen LogP contribution >= 0.6 is 11.6 Å². The molecule has 70 valence electrons.